The molecule has 0 saturated carbocycles. The van der Waals surface area contributed by atoms with E-state index >= 15 is 0 Å². The fourth-order valence-electron chi connectivity index (χ4n) is 8.76. The van der Waals surface area contributed by atoms with Gasteiger partial charge in [0, 0.05) is 12.8 Å². The van der Waals surface area contributed by atoms with Crippen molar-refractivity contribution in [3.63, 3.8) is 0 Å². The molecule has 0 aliphatic rings. The molecule has 3 atom stereocenters. The van der Waals surface area contributed by atoms with Gasteiger partial charge >= 0.3 is 13.8 Å². The second-order valence-electron chi connectivity index (χ2n) is 22.6. The van der Waals surface area contributed by atoms with Crippen molar-refractivity contribution in [3.05, 3.63) is 109 Å². The predicted molar refractivity (Wildman–Crippen MR) is 341 cm³/mol. The summed E-state index contributed by atoms with van der Waals surface area (Å²) in [5.41, 5.74) is 0. The van der Waals surface area contributed by atoms with Gasteiger partial charge in [-0.3, -0.25) is 18.6 Å². The Kier molecular flexibility index (Phi) is 55.4. The van der Waals surface area contributed by atoms with Crippen LogP contribution in [0.1, 0.15) is 265 Å². The summed E-state index contributed by atoms with van der Waals surface area (Å²) in [4.78, 5) is 37.7. The summed E-state index contributed by atoms with van der Waals surface area (Å²) in [5.74, 6) is -0.533. The van der Waals surface area contributed by atoms with Crippen LogP contribution in [-0.4, -0.2) is 74.3 Å². The highest BCUT2D eigenvalue weighted by atomic mass is 31.2. The number of rotatable bonds is 57. The number of nitrogens with zero attached hydrogens (tertiary/aromatic N) is 1. The molecule has 0 aromatic heterocycles. The number of phosphoric acid groups is 1. The molecule has 9 nitrogen and oxygen atoms in total. The smallest absolute Gasteiger partial charge is 0.456 e. The number of hydrogen-bond acceptors (Lipinski definition) is 6. The van der Waals surface area contributed by atoms with Gasteiger partial charge < -0.3 is 19.4 Å². The fraction of sp³-hybridized carbons (Fsp3) is 0.710. The molecule has 0 heterocycles. The lowest BCUT2D eigenvalue weighted by Crippen LogP contribution is -2.47. The first-order chi connectivity index (χ1) is 38.4. The molecule has 0 rings (SSSR count). The van der Waals surface area contributed by atoms with Crippen molar-refractivity contribution < 1.29 is 37.3 Å². The zero-order valence-electron chi connectivity index (χ0n) is 51.8. The quantitative estimate of drug-likeness (QED) is 0.0156. The van der Waals surface area contributed by atoms with Crippen LogP contribution in [0.5, 0.6) is 0 Å². The summed E-state index contributed by atoms with van der Waals surface area (Å²) in [6.45, 7) is 6.84. The molecule has 0 aliphatic heterocycles. The van der Waals surface area contributed by atoms with E-state index in [-0.39, 0.29) is 31.5 Å². The molecular formula is C69H122N2O7P+. The van der Waals surface area contributed by atoms with E-state index in [4.69, 9.17) is 13.8 Å². The molecule has 1 amide bonds. The second kappa shape index (κ2) is 57.9. The zero-order valence-corrected chi connectivity index (χ0v) is 52.7. The Labute approximate surface area is 487 Å². The largest absolute Gasteiger partial charge is 0.472 e. The number of phosphoric ester groups is 1. The van der Waals surface area contributed by atoms with Gasteiger partial charge in [-0.1, -0.05) is 252 Å². The van der Waals surface area contributed by atoms with E-state index in [9.17, 15) is 19.0 Å². The molecule has 0 fully saturated rings. The van der Waals surface area contributed by atoms with Crippen LogP contribution >= 0.6 is 7.82 Å². The highest BCUT2D eigenvalue weighted by molar-refractivity contribution is 7.47. The van der Waals surface area contributed by atoms with Gasteiger partial charge in [0.1, 0.15) is 19.3 Å². The highest BCUT2D eigenvalue weighted by Gasteiger charge is 2.30. The van der Waals surface area contributed by atoms with Crippen LogP contribution < -0.4 is 5.32 Å². The van der Waals surface area contributed by atoms with Crippen molar-refractivity contribution >= 4 is 19.7 Å². The monoisotopic (exact) mass is 1120 g/mol. The molecule has 2 N–H and O–H groups in total. The van der Waals surface area contributed by atoms with Gasteiger partial charge in [-0.2, -0.15) is 0 Å². The third-order valence-corrected chi connectivity index (χ3v) is 14.7. The Morgan fingerprint density at radius 1 is 0.468 bits per heavy atom. The number of unbranched alkanes of at least 4 members (excludes halogenated alkanes) is 26. The molecule has 0 saturated heterocycles. The Hall–Kier alpha value is -3.33. The first kappa shape index (κ1) is 75.7. The van der Waals surface area contributed by atoms with Gasteiger partial charge in [-0.05, 0) is 109 Å². The Morgan fingerprint density at radius 2 is 0.848 bits per heavy atom. The van der Waals surface area contributed by atoms with Crippen LogP contribution in [0.3, 0.4) is 0 Å². The lowest BCUT2D eigenvalue weighted by Gasteiger charge is -2.27. The lowest BCUT2D eigenvalue weighted by molar-refractivity contribution is -0.870. The minimum Gasteiger partial charge on any atom is -0.456 e. The van der Waals surface area contributed by atoms with E-state index in [0.717, 1.165) is 135 Å². The summed E-state index contributed by atoms with van der Waals surface area (Å²) in [7, 11) is 1.47. The summed E-state index contributed by atoms with van der Waals surface area (Å²) in [6.07, 6.45) is 79.5. The first-order valence-electron chi connectivity index (χ1n) is 32.2. The van der Waals surface area contributed by atoms with E-state index in [1.54, 1.807) is 0 Å². The number of amides is 1. The normalized spacial score (nSPS) is 14.4. The molecule has 0 aromatic rings. The number of allylic oxidation sites excluding steroid dienone is 17. The average Bonchev–Trinajstić information content (AvgIpc) is 3.41. The molecule has 0 radical (unpaired) electrons. The second-order valence-corrected chi connectivity index (χ2v) is 24.0. The molecule has 0 spiro atoms. The summed E-state index contributed by atoms with van der Waals surface area (Å²) in [5, 5.41) is 3.04. The zero-order chi connectivity index (χ0) is 57.9. The van der Waals surface area contributed by atoms with Gasteiger partial charge in [-0.15, -0.1) is 0 Å². The van der Waals surface area contributed by atoms with Crippen LogP contribution in [-0.2, 0) is 27.9 Å². The Morgan fingerprint density at radius 3 is 1.32 bits per heavy atom. The summed E-state index contributed by atoms with van der Waals surface area (Å²) in [6, 6.07) is -0.864. The molecule has 0 aromatic carbocycles. The van der Waals surface area contributed by atoms with Crippen LogP contribution in [0.25, 0.3) is 0 Å². The number of ether oxygens (including phenoxy) is 1. The molecule has 3 unspecified atom stereocenters. The van der Waals surface area contributed by atoms with Gasteiger partial charge in [0.25, 0.3) is 0 Å². The number of nitrogens with one attached hydrogen (secondary N) is 1. The summed E-state index contributed by atoms with van der Waals surface area (Å²) < 4.78 is 30.7. The maximum Gasteiger partial charge on any atom is 0.472 e. The van der Waals surface area contributed by atoms with Crippen molar-refractivity contribution in [2.75, 3.05) is 40.9 Å². The van der Waals surface area contributed by atoms with E-state index in [0.29, 0.717) is 17.4 Å². The maximum absolute atomic E-state index is 13.5. The van der Waals surface area contributed by atoms with E-state index in [1.165, 1.54) is 96.3 Å². The molecule has 79 heavy (non-hydrogen) atoms. The number of likely N-dealkylation sites (N-methyl/N-ethyl adjacent to an activating group) is 1. The molecule has 0 aliphatic carbocycles. The third-order valence-electron chi connectivity index (χ3n) is 13.7. The van der Waals surface area contributed by atoms with Gasteiger partial charge in [0.2, 0.25) is 5.91 Å². The number of carbonyl (C=O) groups excluding carboxylic acids is 2. The van der Waals surface area contributed by atoms with Crippen LogP contribution in [0.2, 0.25) is 0 Å². The van der Waals surface area contributed by atoms with Gasteiger partial charge in [-0.25, -0.2) is 4.57 Å². The van der Waals surface area contributed by atoms with Crippen molar-refractivity contribution in [2.24, 2.45) is 0 Å². The number of esters is 1. The minimum atomic E-state index is -4.46. The van der Waals surface area contributed by atoms with Crippen LogP contribution in [0.15, 0.2) is 109 Å². The molecule has 10 heteroatoms. The van der Waals surface area contributed by atoms with Crippen LogP contribution in [0.4, 0.5) is 0 Å². The number of carbonyl (C=O) groups is 2. The van der Waals surface area contributed by atoms with Gasteiger partial charge in [0.05, 0.1) is 33.8 Å². The Balaban J connectivity index is 5.12. The fourth-order valence-corrected chi connectivity index (χ4v) is 9.49. The SMILES string of the molecule is CC/C=C\C/C=C\C/C=C\C/C=C\C/C=C\C/C=C\CCCCCCCCCCC(=O)OC(/C=C\CCCCCCCCCCC)C(COP(=O)(O)OCC[N+](C)(C)C)NC(=O)CCCCCCCC/C=C/C=C/CCCCC. The molecular weight excluding hydrogens is 1000 g/mol. The molecule has 0 bridgehead atoms. The molecule has 454 valence electrons. The number of hydrogen-bond donors (Lipinski definition) is 2. The predicted octanol–water partition coefficient (Wildman–Crippen LogP) is 20.1. The van der Waals surface area contributed by atoms with Gasteiger partial charge in [0.15, 0.2) is 0 Å². The summed E-state index contributed by atoms with van der Waals surface area (Å²) >= 11 is 0. The Bertz CT molecular complexity index is 1720. The van der Waals surface area contributed by atoms with Crippen molar-refractivity contribution in [2.45, 2.75) is 277 Å². The maximum atomic E-state index is 13.5. The topological polar surface area (TPSA) is 111 Å². The average molecular weight is 1120 g/mol. The standard InChI is InChI=1S/C69H121N2O7P/c1-7-10-13-16-19-22-25-27-29-30-31-32-33-34-35-36-37-38-39-40-42-44-47-50-53-56-59-62-69(73)78-67(60-57-54-51-48-45-24-21-18-15-12-9-3)66(65-77-79(74,75)76-64-63-71(4,5)6)70-68(72)61-58-55-52-49-46-43-41-28-26-23-20-17-14-11-8-2/h10,13,19-20,22-23,26-29,31-32,34-35,37-38,57,60,66-67H,7-9,11-12,14-18,21,24-25,30,33,36,39-56,58-59,61-65H2,1-6H3,(H-,70,72,74,75)/p+1/b13-10-,22-19-,23-20+,28-26+,29-27-,32-31-,35-34-,38-37-,60-57-. The number of quaternary nitrogens is 1. The van der Waals surface area contributed by atoms with Crippen molar-refractivity contribution in [1.82, 2.24) is 5.32 Å². The van der Waals surface area contributed by atoms with Crippen molar-refractivity contribution in [1.29, 1.82) is 0 Å². The first-order valence-corrected chi connectivity index (χ1v) is 33.7. The van der Waals surface area contributed by atoms with E-state index in [1.807, 2.05) is 33.3 Å². The van der Waals surface area contributed by atoms with E-state index < -0.39 is 20.0 Å². The van der Waals surface area contributed by atoms with Crippen LogP contribution in [0, 0.1) is 0 Å². The van der Waals surface area contributed by atoms with Crippen molar-refractivity contribution in [3.8, 4) is 0 Å². The highest BCUT2D eigenvalue weighted by Crippen LogP contribution is 2.43. The third kappa shape index (κ3) is 59.1. The van der Waals surface area contributed by atoms with E-state index in [2.05, 4.69) is 123 Å². The lowest BCUT2D eigenvalue weighted by atomic mass is 10.1. The minimum absolute atomic E-state index is 0.0314.